The van der Waals surface area contributed by atoms with Crippen LogP contribution in [-0.2, 0) is 0 Å². The number of aryl methyl sites for hydroxylation is 3. The summed E-state index contributed by atoms with van der Waals surface area (Å²) >= 11 is 0. The largest absolute Gasteiger partial charge is 0.334 e. The summed E-state index contributed by atoms with van der Waals surface area (Å²) in [6.07, 6.45) is 1.79. The maximum absolute atomic E-state index is 5.72. The first-order valence-corrected chi connectivity index (χ1v) is 8.85. The van der Waals surface area contributed by atoms with Crippen LogP contribution in [0.15, 0.2) is 22.7 Å². The van der Waals surface area contributed by atoms with Crippen molar-refractivity contribution >= 4 is 0 Å². The first kappa shape index (κ1) is 18.1. The van der Waals surface area contributed by atoms with Crippen LogP contribution in [0.2, 0.25) is 0 Å². The lowest BCUT2D eigenvalue weighted by Crippen LogP contribution is -2.11. The fourth-order valence-electron chi connectivity index (χ4n) is 3.01. The Kier molecular flexibility index (Phi) is 5.37. The second kappa shape index (κ2) is 7.70. The van der Waals surface area contributed by atoms with E-state index in [0.717, 1.165) is 41.3 Å². The summed E-state index contributed by atoms with van der Waals surface area (Å²) in [6.45, 7) is 8.55. The average molecular weight is 352 g/mol. The van der Waals surface area contributed by atoms with Crippen LogP contribution < -0.4 is 5.73 Å². The molecule has 3 aromatic heterocycles. The Hall–Kier alpha value is -2.67. The van der Waals surface area contributed by atoms with Gasteiger partial charge in [-0.25, -0.2) is 9.97 Å². The van der Waals surface area contributed by atoms with Crippen LogP contribution in [0, 0.1) is 20.8 Å². The van der Waals surface area contributed by atoms with Crippen molar-refractivity contribution in [3.05, 3.63) is 41.1 Å². The summed E-state index contributed by atoms with van der Waals surface area (Å²) in [5, 5.41) is 4.11. The fraction of sp³-hybridized carbons (Fsp3) is 0.421. The Morgan fingerprint density at radius 1 is 0.962 bits per heavy atom. The van der Waals surface area contributed by atoms with Crippen LogP contribution in [0.1, 0.15) is 48.6 Å². The number of hydrogen-bond acceptors (Lipinski definition) is 7. The van der Waals surface area contributed by atoms with Crippen molar-refractivity contribution in [1.82, 2.24) is 25.1 Å². The van der Waals surface area contributed by atoms with E-state index in [9.17, 15) is 0 Å². The second-order valence-corrected chi connectivity index (χ2v) is 6.50. The zero-order valence-electron chi connectivity index (χ0n) is 15.7. The highest BCUT2D eigenvalue weighted by molar-refractivity contribution is 5.58. The van der Waals surface area contributed by atoms with E-state index in [1.165, 1.54) is 0 Å². The molecular formula is C19H24N6O. The molecule has 0 radical (unpaired) electrons. The highest BCUT2D eigenvalue weighted by atomic mass is 16.5. The van der Waals surface area contributed by atoms with Crippen molar-refractivity contribution in [2.75, 3.05) is 6.54 Å². The van der Waals surface area contributed by atoms with Gasteiger partial charge in [0.25, 0.3) is 5.89 Å². The van der Waals surface area contributed by atoms with Crippen LogP contribution in [0.5, 0.6) is 0 Å². The quantitative estimate of drug-likeness (QED) is 0.725. The minimum absolute atomic E-state index is 0.232. The molecule has 26 heavy (non-hydrogen) atoms. The SMILES string of the molecule is CCC(CCN)c1nc(C)cc(-c2noc(-c3cc(C)nc(C)c3)n2)n1. The molecular weight excluding hydrogens is 328 g/mol. The lowest BCUT2D eigenvalue weighted by atomic mass is 10.0. The van der Waals surface area contributed by atoms with Crippen molar-refractivity contribution < 1.29 is 4.52 Å². The van der Waals surface area contributed by atoms with Gasteiger partial charge >= 0.3 is 0 Å². The summed E-state index contributed by atoms with van der Waals surface area (Å²) in [4.78, 5) is 18.1. The molecule has 3 rings (SSSR count). The molecule has 1 atom stereocenters. The third-order valence-corrected chi connectivity index (χ3v) is 4.23. The number of nitrogens with zero attached hydrogens (tertiary/aromatic N) is 5. The topological polar surface area (TPSA) is 104 Å². The lowest BCUT2D eigenvalue weighted by Gasteiger charge is -2.13. The molecule has 7 heteroatoms. The Morgan fingerprint density at radius 2 is 1.65 bits per heavy atom. The molecule has 0 aromatic carbocycles. The Balaban J connectivity index is 1.97. The summed E-state index contributed by atoms with van der Waals surface area (Å²) in [5.41, 5.74) is 9.94. The van der Waals surface area contributed by atoms with Gasteiger partial charge in [0.2, 0.25) is 5.82 Å². The highest BCUT2D eigenvalue weighted by Crippen LogP contribution is 2.25. The zero-order valence-corrected chi connectivity index (χ0v) is 15.7. The van der Waals surface area contributed by atoms with Crippen LogP contribution in [0.25, 0.3) is 23.0 Å². The summed E-state index contributed by atoms with van der Waals surface area (Å²) < 4.78 is 5.46. The van der Waals surface area contributed by atoms with E-state index in [1.807, 2.05) is 39.0 Å². The molecule has 0 saturated heterocycles. The fourth-order valence-corrected chi connectivity index (χ4v) is 3.01. The Bertz CT molecular complexity index is 885. The maximum atomic E-state index is 5.72. The van der Waals surface area contributed by atoms with Gasteiger partial charge in [-0.05, 0) is 58.4 Å². The van der Waals surface area contributed by atoms with Gasteiger partial charge in [0.05, 0.1) is 0 Å². The predicted octanol–water partition coefficient (Wildman–Crippen LogP) is 3.36. The third-order valence-electron chi connectivity index (χ3n) is 4.23. The Labute approximate surface area is 153 Å². The number of pyridine rings is 1. The van der Waals surface area contributed by atoms with Crippen molar-refractivity contribution in [3.63, 3.8) is 0 Å². The van der Waals surface area contributed by atoms with Crippen LogP contribution in [0.3, 0.4) is 0 Å². The van der Waals surface area contributed by atoms with Gasteiger partial charge in [-0.2, -0.15) is 4.98 Å². The molecule has 0 aliphatic heterocycles. The first-order chi connectivity index (χ1) is 12.5. The molecule has 3 heterocycles. The Morgan fingerprint density at radius 3 is 2.31 bits per heavy atom. The first-order valence-electron chi connectivity index (χ1n) is 8.85. The maximum Gasteiger partial charge on any atom is 0.258 e. The van der Waals surface area contributed by atoms with Gasteiger partial charge in [-0.15, -0.1) is 0 Å². The van der Waals surface area contributed by atoms with E-state index in [0.29, 0.717) is 24.0 Å². The minimum atomic E-state index is 0.232. The second-order valence-electron chi connectivity index (χ2n) is 6.50. The molecule has 0 aliphatic rings. The van der Waals surface area contributed by atoms with E-state index < -0.39 is 0 Å². The normalized spacial score (nSPS) is 12.3. The number of nitrogens with two attached hydrogens (primary N) is 1. The molecule has 1 unspecified atom stereocenters. The van der Waals surface area contributed by atoms with Gasteiger partial charge in [-0.1, -0.05) is 12.1 Å². The van der Waals surface area contributed by atoms with Gasteiger partial charge in [0.1, 0.15) is 11.5 Å². The highest BCUT2D eigenvalue weighted by Gasteiger charge is 2.17. The van der Waals surface area contributed by atoms with Gasteiger partial charge in [-0.3, -0.25) is 4.98 Å². The molecule has 0 spiro atoms. The monoisotopic (exact) mass is 352 g/mol. The molecule has 7 nitrogen and oxygen atoms in total. The molecule has 0 saturated carbocycles. The smallest absolute Gasteiger partial charge is 0.258 e. The van der Waals surface area contributed by atoms with Crippen molar-refractivity contribution in [2.45, 2.75) is 46.5 Å². The minimum Gasteiger partial charge on any atom is -0.334 e. The molecule has 2 N–H and O–H groups in total. The standard InChI is InChI=1S/C19H24N6O/c1-5-14(6-7-20)17-22-13(4)10-16(23-17)18-24-19(26-25-18)15-8-11(2)21-12(3)9-15/h8-10,14H,5-7,20H2,1-4H3. The van der Waals surface area contributed by atoms with Gasteiger partial charge in [0, 0.05) is 28.6 Å². The van der Waals surface area contributed by atoms with Crippen LogP contribution >= 0.6 is 0 Å². The predicted molar refractivity (Wildman–Crippen MR) is 99.5 cm³/mol. The number of hydrogen-bond donors (Lipinski definition) is 1. The third kappa shape index (κ3) is 3.94. The average Bonchev–Trinajstić information content (AvgIpc) is 3.08. The van der Waals surface area contributed by atoms with E-state index >= 15 is 0 Å². The number of aromatic nitrogens is 5. The number of rotatable bonds is 6. The zero-order chi connectivity index (χ0) is 18.7. The summed E-state index contributed by atoms with van der Waals surface area (Å²) in [5.74, 6) is 1.94. The van der Waals surface area contributed by atoms with Gasteiger partial charge < -0.3 is 10.3 Å². The van der Waals surface area contributed by atoms with Crippen LogP contribution in [-0.4, -0.2) is 31.6 Å². The van der Waals surface area contributed by atoms with E-state index in [2.05, 4.69) is 32.0 Å². The molecule has 0 amide bonds. The molecule has 0 aliphatic carbocycles. The van der Waals surface area contributed by atoms with Crippen molar-refractivity contribution in [3.8, 4) is 23.0 Å². The van der Waals surface area contributed by atoms with Crippen molar-refractivity contribution in [2.24, 2.45) is 5.73 Å². The van der Waals surface area contributed by atoms with Gasteiger partial charge in [0.15, 0.2) is 0 Å². The van der Waals surface area contributed by atoms with E-state index in [-0.39, 0.29) is 5.92 Å². The summed E-state index contributed by atoms with van der Waals surface area (Å²) in [7, 11) is 0. The molecule has 0 bridgehead atoms. The van der Waals surface area contributed by atoms with Crippen molar-refractivity contribution in [1.29, 1.82) is 0 Å². The molecule has 0 fully saturated rings. The molecule has 136 valence electrons. The molecule has 3 aromatic rings. The van der Waals surface area contributed by atoms with E-state index in [4.69, 9.17) is 10.3 Å². The summed E-state index contributed by atoms with van der Waals surface area (Å²) in [6, 6.07) is 5.72. The van der Waals surface area contributed by atoms with Crippen LogP contribution in [0.4, 0.5) is 0 Å². The van der Waals surface area contributed by atoms with E-state index in [1.54, 1.807) is 0 Å². The lowest BCUT2D eigenvalue weighted by molar-refractivity contribution is 0.432.